The first-order valence-corrected chi connectivity index (χ1v) is 4.68. The number of aryl methyl sites for hydroxylation is 1. The zero-order chi connectivity index (χ0) is 12.3. The lowest BCUT2D eigenvalue weighted by atomic mass is 10.0. The molecule has 0 aliphatic rings. The second-order valence-corrected chi connectivity index (χ2v) is 3.39. The van der Waals surface area contributed by atoms with Gasteiger partial charge in [-0.2, -0.15) is 13.2 Å². The topological polar surface area (TPSA) is 66.5 Å². The van der Waals surface area contributed by atoms with Crippen molar-refractivity contribution in [1.29, 1.82) is 0 Å². The molecule has 0 spiro atoms. The fourth-order valence-electron chi connectivity index (χ4n) is 1.38. The van der Waals surface area contributed by atoms with Crippen LogP contribution in [0.2, 0.25) is 0 Å². The van der Waals surface area contributed by atoms with Gasteiger partial charge in [0, 0.05) is 0 Å². The van der Waals surface area contributed by atoms with Gasteiger partial charge in [-0.1, -0.05) is 0 Å². The van der Waals surface area contributed by atoms with Crippen LogP contribution in [0.5, 0.6) is 11.5 Å². The second-order valence-electron chi connectivity index (χ2n) is 3.39. The first kappa shape index (κ1) is 12.6. The number of halogens is 3. The van der Waals surface area contributed by atoms with Gasteiger partial charge in [0.05, 0.1) is 0 Å². The van der Waals surface area contributed by atoms with Crippen LogP contribution in [0, 0.1) is 0 Å². The normalized spacial score (nSPS) is 11.8. The van der Waals surface area contributed by atoms with E-state index in [-0.39, 0.29) is 12.0 Å². The van der Waals surface area contributed by atoms with E-state index in [2.05, 4.69) is 0 Å². The molecule has 0 atom stereocenters. The predicted molar refractivity (Wildman–Crippen MR) is 52.1 cm³/mol. The third kappa shape index (κ3) is 2.79. The lowest BCUT2D eigenvalue weighted by Gasteiger charge is -2.13. The van der Waals surface area contributed by atoms with Crippen molar-refractivity contribution in [3.8, 4) is 11.5 Å². The first-order chi connectivity index (χ1) is 7.36. The van der Waals surface area contributed by atoms with E-state index in [1.165, 1.54) is 0 Å². The van der Waals surface area contributed by atoms with Gasteiger partial charge < -0.3 is 15.9 Å². The van der Waals surface area contributed by atoms with Crippen LogP contribution < -0.4 is 5.73 Å². The van der Waals surface area contributed by atoms with Crippen molar-refractivity contribution in [1.82, 2.24) is 0 Å². The summed E-state index contributed by atoms with van der Waals surface area (Å²) in [6, 6.07) is 1.61. The predicted octanol–water partition coefficient (Wildman–Crippen LogP) is 2.01. The van der Waals surface area contributed by atoms with E-state index in [0.717, 1.165) is 6.07 Å². The van der Waals surface area contributed by atoms with Gasteiger partial charge in [-0.3, -0.25) is 0 Å². The minimum Gasteiger partial charge on any atom is -0.508 e. The molecule has 0 bridgehead atoms. The van der Waals surface area contributed by atoms with Crippen molar-refractivity contribution in [3.05, 3.63) is 23.3 Å². The van der Waals surface area contributed by atoms with Gasteiger partial charge in [0.25, 0.3) is 0 Å². The van der Waals surface area contributed by atoms with Gasteiger partial charge in [0.15, 0.2) is 0 Å². The van der Waals surface area contributed by atoms with Crippen LogP contribution in [-0.2, 0) is 12.6 Å². The van der Waals surface area contributed by atoms with Gasteiger partial charge in [0.1, 0.15) is 17.1 Å². The third-order valence-electron chi connectivity index (χ3n) is 2.13. The largest absolute Gasteiger partial charge is 0.508 e. The molecule has 0 radical (unpaired) electrons. The molecule has 16 heavy (non-hydrogen) atoms. The van der Waals surface area contributed by atoms with Crippen molar-refractivity contribution >= 4 is 0 Å². The highest BCUT2D eigenvalue weighted by Gasteiger charge is 2.35. The van der Waals surface area contributed by atoms with Crippen molar-refractivity contribution in [2.24, 2.45) is 5.73 Å². The van der Waals surface area contributed by atoms with E-state index in [1.54, 1.807) is 0 Å². The van der Waals surface area contributed by atoms with Crippen LogP contribution in [-0.4, -0.2) is 16.8 Å². The molecular weight excluding hydrogens is 223 g/mol. The van der Waals surface area contributed by atoms with E-state index >= 15 is 0 Å². The maximum absolute atomic E-state index is 12.4. The van der Waals surface area contributed by atoms with Gasteiger partial charge in [0.2, 0.25) is 0 Å². The number of hydrogen-bond donors (Lipinski definition) is 3. The molecule has 4 N–H and O–H groups in total. The molecular formula is C10H12F3NO2. The number of hydrogen-bond acceptors (Lipinski definition) is 3. The van der Waals surface area contributed by atoms with Crippen LogP contribution in [0.25, 0.3) is 0 Å². The summed E-state index contributed by atoms with van der Waals surface area (Å²) in [7, 11) is 0. The highest BCUT2D eigenvalue weighted by atomic mass is 19.4. The smallest absolute Gasteiger partial charge is 0.420 e. The zero-order valence-electron chi connectivity index (χ0n) is 8.38. The van der Waals surface area contributed by atoms with Gasteiger partial charge in [-0.25, -0.2) is 0 Å². The highest BCUT2D eigenvalue weighted by Crippen LogP contribution is 2.40. The van der Waals surface area contributed by atoms with Crippen molar-refractivity contribution in [3.63, 3.8) is 0 Å². The SMILES string of the molecule is NCCCc1cc(O)cc(C(F)(F)F)c1O. The minimum absolute atomic E-state index is 0.0535. The van der Waals surface area contributed by atoms with E-state index in [0.29, 0.717) is 19.0 Å². The molecule has 0 aliphatic carbocycles. The summed E-state index contributed by atoms with van der Waals surface area (Å²) in [5.41, 5.74) is 4.05. The average molecular weight is 235 g/mol. The summed E-state index contributed by atoms with van der Waals surface area (Å²) in [4.78, 5) is 0. The van der Waals surface area contributed by atoms with E-state index < -0.39 is 23.2 Å². The Balaban J connectivity index is 3.16. The number of phenols is 2. The molecule has 0 aromatic heterocycles. The van der Waals surface area contributed by atoms with Crippen molar-refractivity contribution < 1.29 is 23.4 Å². The molecule has 0 unspecified atom stereocenters. The average Bonchev–Trinajstić information content (AvgIpc) is 2.17. The number of aromatic hydroxyl groups is 2. The van der Waals surface area contributed by atoms with Crippen LogP contribution in [0.15, 0.2) is 12.1 Å². The van der Waals surface area contributed by atoms with Gasteiger partial charge in [-0.05, 0) is 37.1 Å². The lowest BCUT2D eigenvalue weighted by molar-refractivity contribution is -0.138. The Morgan fingerprint density at radius 3 is 2.31 bits per heavy atom. The van der Waals surface area contributed by atoms with E-state index in [4.69, 9.17) is 10.8 Å². The molecule has 0 aliphatic heterocycles. The Labute approximate surface area is 90.3 Å². The molecule has 1 aromatic rings. The van der Waals surface area contributed by atoms with Crippen LogP contribution in [0.3, 0.4) is 0 Å². The maximum Gasteiger partial charge on any atom is 0.420 e. The third-order valence-corrected chi connectivity index (χ3v) is 2.13. The van der Waals surface area contributed by atoms with E-state index in [1.807, 2.05) is 0 Å². The Hall–Kier alpha value is -1.43. The number of benzene rings is 1. The number of alkyl halides is 3. The molecule has 1 rings (SSSR count). The van der Waals surface area contributed by atoms with E-state index in [9.17, 15) is 18.3 Å². The molecule has 0 saturated carbocycles. The Bertz CT molecular complexity index is 377. The van der Waals surface area contributed by atoms with Crippen LogP contribution in [0.1, 0.15) is 17.5 Å². The zero-order valence-corrected chi connectivity index (χ0v) is 8.38. The number of phenolic OH excluding ortho intramolecular Hbond substituents is 2. The molecule has 0 saturated heterocycles. The number of nitrogens with two attached hydrogens (primary N) is 1. The second kappa shape index (κ2) is 4.61. The standard InChI is InChI=1S/C10H12F3NO2/c11-10(12,13)8-5-7(15)4-6(9(8)16)2-1-3-14/h4-5,15-16H,1-3,14H2. The molecule has 6 heteroatoms. The summed E-state index contributed by atoms with van der Waals surface area (Å²) in [6.45, 7) is 0.302. The molecule has 0 fully saturated rings. The Kier molecular flexibility index (Phi) is 3.64. The summed E-state index contributed by atoms with van der Waals surface area (Å²) in [6.07, 6.45) is -4.05. The molecule has 0 amide bonds. The molecule has 90 valence electrons. The molecule has 1 aromatic carbocycles. The van der Waals surface area contributed by atoms with Crippen LogP contribution in [0.4, 0.5) is 13.2 Å². The minimum atomic E-state index is -4.68. The highest BCUT2D eigenvalue weighted by molar-refractivity contribution is 5.47. The number of rotatable bonds is 3. The van der Waals surface area contributed by atoms with Crippen LogP contribution >= 0.6 is 0 Å². The Morgan fingerprint density at radius 2 is 1.81 bits per heavy atom. The summed E-state index contributed by atoms with van der Waals surface area (Å²) in [5.74, 6) is -1.35. The molecule has 3 nitrogen and oxygen atoms in total. The van der Waals surface area contributed by atoms with Crippen molar-refractivity contribution in [2.45, 2.75) is 19.0 Å². The monoisotopic (exact) mass is 235 g/mol. The van der Waals surface area contributed by atoms with Gasteiger partial charge in [-0.15, -0.1) is 0 Å². The fraction of sp³-hybridized carbons (Fsp3) is 0.400. The molecule has 0 heterocycles. The fourth-order valence-corrected chi connectivity index (χ4v) is 1.38. The maximum atomic E-state index is 12.4. The summed E-state index contributed by atoms with van der Waals surface area (Å²) < 4.78 is 37.3. The van der Waals surface area contributed by atoms with Crippen molar-refractivity contribution in [2.75, 3.05) is 6.54 Å². The van der Waals surface area contributed by atoms with Gasteiger partial charge >= 0.3 is 6.18 Å². The first-order valence-electron chi connectivity index (χ1n) is 4.68. The Morgan fingerprint density at radius 1 is 1.19 bits per heavy atom. The summed E-state index contributed by atoms with van der Waals surface area (Å²) in [5, 5.41) is 18.5. The quantitative estimate of drug-likeness (QED) is 0.702. The summed E-state index contributed by atoms with van der Waals surface area (Å²) >= 11 is 0. The lowest BCUT2D eigenvalue weighted by Crippen LogP contribution is -2.07.